The molecule has 0 saturated carbocycles. The average Bonchev–Trinajstić information content (AvgIpc) is 2.80. The fourth-order valence-corrected chi connectivity index (χ4v) is 3.19. The summed E-state index contributed by atoms with van der Waals surface area (Å²) in [6.45, 7) is 2.84. The van der Waals surface area contributed by atoms with Crippen LogP contribution >= 0.6 is 0 Å². The summed E-state index contributed by atoms with van der Waals surface area (Å²) in [4.78, 5) is 16.9. The molecule has 4 heteroatoms. The molecule has 0 fully saturated rings. The van der Waals surface area contributed by atoms with Gasteiger partial charge in [0.1, 0.15) is 0 Å². The zero-order valence-corrected chi connectivity index (χ0v) is 17.5. The van der Waals surface area contributed by atoms with Gasteiger partial charge in [-0.15, -0.1) is 0 Å². The number of rotatable bonds is 11. The van der Waals surface area contributed by atoms with Crippen molar-refractivity contribution >= 4 is 5.97 Å². The number of ether oxygens (including phenoxy) is 2. The molecule has 156 valence electrons. The molecule has 30 heavy (non-hydrogen) atoms. The van der Waals surface area contributed by atoms with E-state index < -0.39 is 5.97 Å². The van der Waals surface area contributed by atoms with E-state index in [9.17, 15) is 4.79 Å². The lowest BCUT2D eigenvalue weighted by molar-refractivity contribution is 0.0728. The standard InChI is InChI=1S/C26H29NO3/c1-2-3-4-5-6-11-20-29-24-13-7-8-14-25(24)30-26(28)22-17-15-21(16-18-22)23-12-9-10-19-27-23/h7-10,12-19H,2-6,11,20H2,1H3. The summed E-state index contributed by atoms with van der Waals surface area (Å²) < 4.78 is 11.5. The number of hydrogen-bond acceptors (Lipinski definition) is 4. The summed E-state index contributed by atoms with van der Waals surface area (Å²) in [7, 11) is 0. The minimum Gasteiger partial charge on any atom is -0.490 e. The normalized spacial score (nSPS) is 10.6. The highest BCUT2D eigenvalue weighted by atomic mass is 16.6. The first-order valence-electron chi connectivity index (χ1n) is 10.7. The third-order valence-electron chi connectivity index (χ3n) is 4.89. The van der Waals surface area contributed by atoms with Gasteiger partial charge in [-0.2, -0.15) is 0 Å². The Morgan fingerprint density at radius 1 is 0.800 bits per heavy atom. The number of nitrogens with zero attached hydrogens (tertiary/aromatic N) is 1. The highest BCUT2D eigenvalue weighted by molar-refractivity contribution is 5.91. The van der Waals surface area contributed by atoms with E-state index in [1.54, 1.807) is 24.4 Å². The Labute approximate surface area is 178 Å². The number of para-hydroxylation sites is 2. The fourth-order valence-electron chi connectivity index (χ4n) is 3.19. The molecule has 0 unspecified atom stereocenters. The first kappa shape index (κ1) is 21.6. The number of benzene rings is 2. The molecule has 4 nitrogen and oxygen atoms in total. The Hall–Kier alpha value is -3.14. The van der Waals surface area contributed by atoms with Gasteiger partial charge in [-0.25, -0.2) is 4.79 Å². The Kier molecular flexibility index (Phi) is 8.46. The highest BCUT2D eigenvalue weighted by Crippen LogP contribution is 2.28. The monoisotopic (exact) mass is 403 g/mol. The summed E-state index contributed by atoms with van der Waals surface area (Å²) in [5, 5.41) is 0. The lowest BCUT2D eigenvalue weighted by atomic mass is 10.1. The molecule has 0 radical (unpaired) electrons. The predicted octanol–water partition coefficient (Wildman–Crippen LogP) is 6.71. The first-order valence-corrected chi connectivity index (χ1v) is 10.7. The van der Waals surface area contributed by atoms with Crippen molar-refractivity contribution in [1.82, 2.24) is 4.98 Å². The minimum absolute atomic E-state index is 0.404. The summed E-state index contributed by atoms with van der Waals surface area (Å²) in [5.74, 6) is 0.644. The molecule has 1 aromatic heterocycles. The van der Waals surface area contributed by atoms with Crippen molar-refractivity contribution in [3.63, 3.8) is 0 Å². The molecule has 0 bridgehead atoms. The van der Waals surface area contributed by atoms with Crippen LogP contribution in [0.1, 0.15) is 55.8 Å². The van der Waals surface area contributed by atoms with Crippen LogP contribution in [0, 0.1) is 0 Å². The molecule has 0 N–H and O–H groups in total. The molecule has 3 rings (SSSR count). The van der Waals surface area contributed by atoms with Gasteiger partial charge in [-0.3, -0.25) is 4.98 Å². The van der Waals surface area contributed by atoms with E-state index in [4.69, 9.17) is 9.47 Å². The molecular formula is C26H29NO3. The van der Waals surface area contributed by atoms with Gasteiger partial charge in [-0.1, -0.05) is 69.4 Å². The molecule has 0 atom stereocenters. The molecule has 2 aromatic carbocycles. The van der Waals surface area contributed by atoms with Gasteiger partial charge >= 0.3 is 5.97 Å². The SMILES string of the molecule is CCCCCCCCOc1ccccc1OC(=O)c1ccc(-c2ccccn2)cc1. The molecule has 0 aliphatic carbocycles. The van der Waals surface area contributed by atoms with Crippen LogP contribution in [-0.2, 0) is 0 Å². The van der Waals surface area contributed by atoms with E-state index in [1.165, 1.54) is 25.7 Å². The predicted molar refractivity (Wildman–Crippen MR) is 120 cm³/mol. The smallest absolute Gasteiger partial charge is 0.343 e. The number of unbranched alkanes of at least 4 members (excludes halogenated alkanes) is 5. The average molecular weight is 404 g/mol. The van der Waals surface area contributed by atoms with Crippen molar-refractivity contribution in [3.05, 3.63) is 78.5 Å². The highest BCUT2D eigenvalue weighted by Gasteiger charge is 2.13. The van der Waals surface area contributed by atoms with E-state index >= 15 is 0 Å². The molecule has 3 aromatic rings. The van der Waals surface area contributed by atoms with Gasteiger partial charge in [0.2, 0.25) is 0 Å². The van der Waals surface area contributed by atoms with Crippen molar-refractivity contribution < 1.29 is 14.3 Å². The number of hydrogen-bond donors (Lipinski definition) is 0. The van der Waals surface area contributed by atoms with Crippen LogP contribution in [-0.4, -0.2) is 17.6 Å². The molecule has 0 aliphatic rings. The summed E-state index contributed by atoms with van der Waals surface area (Å²) in [6, 6.07) is 20.3. The number of aromatic nitrogens is 1. The quantitative estimate of drug-likeness (QED) is 0.203. The van der Waals surface area contributed by atoms with Crippen molar-refractivity contribution in [2.75, 3.05) is 6.61 Å². The van der Waals surface area contributed by atoms with Gasteiger partial charge < -0.3 is 9.47 Å². The van der Waals surface area contributed by atoms with E-state index in [0.717, 1.165) is 24.1 Å². The van der Waals surface area contributed by atoms with Crippen LogP contribution in [0.3, 0.4) is 0 Å². The number of esters is 1. The largest absolute Gasteiger partial charge is 0.490 e. The van der Waals surface area contributed by atoms with E-state index in [2.05, 4.69) is 11.9 Å². The van der Waals surface area contributed by atoms with Crippen molar-refractivity contribution in [1.29, 1.82) is 0 Å². The second-order valence-electron chi connectivity index (χ2n) is 7.24. The van der Waals surface area contributed by atoms with E-state index in [0.29, 0.717) is 23.7 Å². The molecule has 0 aliphatic heterocycles. The second kappa shape index (κ2) is 11.8. The first-order chi connectivity index (χ1) is 14.8. The van der Waals surface area contributed by atoms with Crippen LogP contribution in [0.5, 0.6) is 11.5 Å². The molecule has 0 spiro atoms. The molecule has 1 heterocycles. The van der Waals surface area contributed by atoms with Crippen LogP contribution < -0.4 is 9.47 Å². The van der Waals surface area contributed by atoms with Gasteiger partial charge in [-0.05, 0) is 42.8 Å². The minimum atomic E-state index is -0.404. The molecular weight excluding hydrogens is 374 g/mol. The van der Waals surface area contributed by atoms with Crippen molar-refractivity contribution in [2.45, 2.75) is 45.4 Å². The summed E-state index contributed by atoms with van der Waals surface area (Å²) in [6.07, 6.45) is 8.97. The number of carbonyl (C=O) groups excluding carboxylic acids is 1. The molecule has 0 saturated heterocycles. The maximum Gasteiger partial charge on any atom is 0.343 e. The number of pyridine rings is 1. The van der Waals surface area contributed by atoms with E-state index in [1.807, 2.05) is 48.5 Å². The summed E-state index contributed by atoms with van der Waals surface area (Å²) >= 11 is 0. The van der Waals surface area contributed by atoms with Gasteiger partial charge in [0.25, 0.3) is 0 Å². The lowest BCUT2D eigenvalue weighted by Crippen LogP contribution is -2.10. The maximum absolute atomic E-state index is 12.6. The number of carbonyl (C=O) groups is 1. The van der Waals surface area contributed by atoms with Gasteiger partial charge in [0, 0.05) is 11.8 Å². The Balaban J connectivity index is 1.55. The lowest BCUT2D eigenvalue weighted by Gasteiger charge is -2.12. The zero-order valence-electron chi connectivity index (χ0n) is 17.5. The van der Waals surface area contributed by atoms with Crippen molar-refractivity contribution in [2.24, 2.45) is 0 Å². The third kappa shape index (κ3) is 6.45. The third-order valence-corrected chi connectivity index (χ3v) is 4.89. The Morgan fingerprint density at radius 3 is 2.23 bits per heavy atom. The van der Waals surface area contributed by atoms with Gasteiger partial charge in [0.15, 0.2) is 11.5 Å². The Morgan fingerprint density at radius 2 is 1.50 bits per heavy atom. The van der Waals surface area contributed by atoms with Crippen LogP contribution in [0.15, 0.2) is 72.9 Å². The van der Waals surface area contributed by atoms with Crippen LogP contribution in [0.25, 0.3) is 11.3 Å². The summed E-state index contributed by atoms with van der Waals surface area (Å²) in [5.41, 5.74) is 2.31. The van der Waals surface area contributed by atoms with Crippen LogP contribution in [0.2, 0.25) is 0 Å². The topological polar surface area (TPSA) is 48.4 Å². The second-order valence-corrected chi connectivity index (χ2v) is 7.24. The Bertz CT molecular complexity index is 907. The molecule has 0 amide bonds. The fraction of sp³-hybridized carbons (Fsp3) is 0.308. The van der Waals surface area contributed by atoms with E-state index in [-0.39, 0.29) is 0 Å². The van der Waals surface area contributed by atoms with Crippen molar-refractivity contribution in [3.8, 4) is 22.8 Å². The van der Waals surface area contributed by atoms with Crippen LogP contribution in [0.4, 0.5) is 0 Å². The zero-order chi connectivity index (χ0) is 21.0. The van der Waals surface area contributed by atoms with Gasteiger partial charge in [0.05, 0.1) is 17.9 Å². The maximum atomic E-state index is 12.6.